The van der Waals surface area contributed by atoms with Gasteiger partial charge in [-0.1, -0.05) is 0 Å². The fourth-order valence-corrected chi connectivity index (χ4v) is 2.90. The maximum absolute atomic E-state index is 11.9. The number of hydrogen-bond donors (Lipinski definition) is 2. The molecular weight excluding hydrogens is 332 g/mol. The molecule has 0 unspecified atom stereocenters. The minimum absolute atomic E-state index is 0.197. The zero-order chi connectivity index (χ0) is 13.9. The average molecular weight is 345 g/mol. The van der Waals surface area contributed by atoms with Crippen LogP contribution in [0.4, 0.5) is 5.69 Å². The molecule has 19 heavy (non-hydrogen) atoms. The lowest BCUT2D eigenvalue weighted by atomic mass is 10.3. The van der Waals surface area contributed by atoms with Crippen molar-refractivity contribution in [2.75, 3.05) is 12.3 Å². The highest BCUT2D eigenvalue weighted by atomic mass is 79.9. The molecule has 2 rings (SSSR count). The van der Waals surface area contributed by atoms with Crippen LogP contribution in [-0.4, -0.2) is 15.0 Å². The number of halogens is 1. The van der Waals surface area contributed by atoms with Gasteiger partial charge in [-0.25, -0.2) is 13.1 Å². The van der Waals surface area contributed by atoms with Gasteiger partial charge >= 0.3 is 0 Å². The highest BCUT2D eigenvalue weighted by Gasteiger charge is 2.13. The van der Waals surface area contributed by atoms with Crippen molar-refractivity contribution < 1.29 is 12.8 Å². The molecule has 2 aromatic rings. The number of benzene rings is 1. The van der Waals surface area contributed by atoms with E-state index < -0.39 is 10.0 Å². The Hall–Kier alpha value is -1.31. The number of furan rings is 1. The second-order valence-corrected chi connectivity index (χ2v) is 6.47. The van der Waals surface area contributed by atoms with Gasteiger partial charge in [0.25, 0.3) is 0 Å². The highest BCUT2D eigenvalue weighted by molar-refractivity contribution is 9.10. The van der Waals surface area contributed by atoms with Gasteiger partial charge in [0.05, 0.1) is 4.90 Å². The molecule has 0 amide bonds. The molecule has 0 radical (unpaired) electrons. The normalized spacial score (nSPS) is 11.6. The maximum Gasteiger partial charge on any atom is 0.240 e. The summed E-state index contributed by atoms with van der Waals surface area (Å²) in [6, 6.07) is 9.62. The monoisotopic (exact) mass is 344 g/mol. The van der Waals surface area contributed by atoms with Crippen molar-refractivity contribution >= 4 is 31.6 Å². The third-order valence-electron chi connectivity index (χ3n) is 2.48. The summed E-state index contributed by atoms with van der Waals surface area (Å²) < 4.78 is 32.3. The molecule has 0 aliphatic heterocycles. The van der Waals surface area contributed by atoms with E-state index in [1.165, 1.54) is 12.1 Å². The Labute approximate surface area is 120 Å². The summed E-state index contributed by atoms with van der Waals surface area (Å²) in [6.45, 7) is 0.270. The van der Waals surface area contributed by atoms with E-state index in [4.69, 9.17) is 10.2 Å². The van der Waals surface area contributed by atoms with E-state index in [2.05, 4.69) is 20.7 Å². The molecule has 5 nitrogen and oxygen atoms in total. The van der Waals surface area contributed by atoms with Crippen molar-refractivity contribution in [3.63, 3.8) is 0 Å². The molecule has 0 fully saturated rings. The van der Waals surface area contributed by atoms with Gasteiger partial charge in [-0.15, -0.1) is 0 Å². The van der Waals surface area contributed by atoms with Gasteiger partial charge in [0.15, 0.2) is 4.67 Å². The maximum atomic E-state index is 11.9. The largest absolute Gasteiger partial charge is 0.454 e. The van der Waals surface area contributed by atoms with E-state index in [0.717, 1.165) is 0 Å². The highest BCUT2D eigenvalue weighted by Crippen LogP contribution is 2.15. The molecule has 0 bridgehead atoms. The molecule has 0 spiro atoms. The van der Waals surface area contributed by atoms with Crippen molar-refractivity contribution in [1.29, 1.82) is 0 Å². The first kappa shape index (κ1) is 14.1. The van der Waals surface area contributed by atoms with E-state index >= 15 is 0 Å². The first-order valence-corrected chi connectivity index (χ1v) is 7.84. The van der Waals surface area contributed by atoms with Gasteiger partial charge in [-0.05, 0) is 52.3 Å². The van der Waals surface area contributed by atoms with Crippen LogP contribution in [0.5, 0.6) is 0 Å². The van der Waals surface area contributed by atoms with Crippen LogP contribution in [0, 0.1) is 0 Å². The molecule has 0 saturated heterocycles. The molecular formula is C12H13BrN2O3S. The summed E-state index contributed by atoms with van der Waals surface area (Å²) in [5.41, 5.74) is 6.04. The Morgan fingerprint density at radius 1 is 1.16 bits per heavy atom. The molecule has 0 aliphatic rings. The lowest BCUT2D eigenvalue weighted by Crippen LogP contribution is -2.25. The standard InChI is InChI=1S/C12H13BrN2O3S/c13-12-6-3-10(18-12)7-8-15-19(16,17)11-4-1-9(14)2-5-11/h1-6,15H,7-8,14H2. The predicted octanol–water partition coefficient (Wildman–Crippen LogP) is 2.15. The Balaban J connectivity index is 1.96. The Bertz CT molecular complexity index is 650. The number of anilines is 1. The number of nitrogen functional groups attached to an aromatic ring is 1. The number of nitrogens with two attached hydrogens (primary N) is 1. The Kier molecular flexibility index (Phi) is 4.28. The lowest BCUT2D eigenvalue weighted by Gasteiger charge is -2.06. The zero-order valence-corrected chi connectivity index (χ0v) is 12.4. The molecule has 3 N–H and O–H groups in total. The van der Waals surface area contributed by atoms with E-state index in [-0.39, 0.29) is 11.4 Å². The summed E-state index contributed by atoms with van der Waals surface area (Å²) >= 11 is 3.19. The van der Waals surface area contributed by atoms with Gasteiger partial charge < -0.3 is 10.2 Å². The SMILES string of the molecule is Nc1ccc(S(=O)(=O)NCCc2ccc(Br)o2)cc1. The van der Waals surface area contributed by atoms with Crippen molar-refractivity contribution in [2.24, 2.45) is 0 Å². The zero-order valence-electron chi connectivity index (χ0n) is 9.97. The molecule has 0 atom stereocenters. The van der Waals surface area contributed by atoms with Crippen molar-refractivity contribution in [2.45, 2.75) is 11.3 Å². The Morgan fingerprint density at radius 3 is 2.42 bits per heavy atom. The summed E-state index contributed by atoms with van der Waals surface area (Å²) in [6.07, 6.45) is 0.486. The van der Waals surface area contributed by atoms with Crippen molar-refractivity contribution in [3.8, 4) is 0 Å². The van der Waals surface area contributed by atoms with Crippen LogP contribution < -0.4 is 10.5 Å². The van der Waals surface area contributed by atoms with E-state index in [0.29, 0.717) is 22.5 Å². The number of sulfonamides is 1. The molecule has 1 heterocycles. The number of rotatable bonds is 5. The second-order valence-electron chi connectivity index (χ2n) is 3.92. The second kappa shape index (κ2) is 5.77. The quantitative estimate of drug-likeness (QED) is 0.813. The smallest absolute Gasteiger partial charge is 0.240 e. The fourth-order valence-electron chi connectivity index (χ4n) is 1.53. The number of hydrogen-bond acceptors (Lipinski definition) is 4. The van der Waals surface area contributed by atoms with Gasteiger partial charge in [0.2, 0.25) is 10.0 Å². The average Bonchev–Trinajstić information content (AvgIpc) is 2.75. The van der Waals surface area contributed by atoms with Gasteiger partial charge in [-0.2, -0.15) is 0 Å². The third kappa shape index (κ3) is 3.82. The first-order valence-electron chi connectivity index (χ1n) is 5.57. The van der Waals surface area contributed by atoms with E-state index in [1.807, 2.05) is 0 Å². The van der Waals surface area contributed by atoms with E-state index in [9.17, 15) is 8.42 Å². The summed E-state index contributed by atoms with van der Waals surface area (Å²) in [4.78, 5) is 0.197. The van der Waals surface area contributed by atoms with Crippen molar-refractivity contribution in [3.05, 3.63) is 46.8 Å². The molecule has 0 aliphatic carbocycles. The summed E-state index contributed by atoms with van der Waals surface area (Å²) in [5.74, 6) is 0.715. The van der Waals surface area contributed by atoms with Crippen LogP contribution in [0.25, 0.3) is 0 Å². The van der Waals surface area contributed by atoms with E-state index in [1.54, 1.807) is 24.3 Å². The first-order chi connectivity index (χ1) is 8.97. The van der Waals surface area contributed by atoms with Crippen LogP contribution >= 0.6 is 15.9 Å². The molecule has 1 aromatic heterocycles. The molecule has 7 heteroatoms. The number of nitrogens with one attached hydrogen (secondary N) is 1. The minimum atomic E-state index is -3.50. The van der Waals surface area contributed by atoms with Gasteiger partial charge in [-0.3, -0.25) is 0 Å². The Morgan fingerprint density at radius 2 is 1.84 bits per heavy atom. The minimum Gasteiger partial charge on any atom is -0.454 e. The van der Waals surface area contributed by atoms with Crippen LogP contribution in [-0.2, 0) is 16.4 Å². The molecule has 0 saturated carbocycles. The summed E-state index contributed by atoms with van der Waals surface area (Å²) in [7, 11) is -3.50. The summed E-state index contributed by atoms with van der Waals surface area (Å²) in [5, 5.41) is 0. The van der Waals surface area contributed by atoms with Crippen LogP contribution in [0.1, 0.15) is 5.76 Å². The van der Waals surface area contributed by atoms with Gasteiger partial charge in [0.1, 0.15) is 5.76 Å². The fraction of sp³-hybridized carbons (Fsp3) is 0.167. The molecule has 1 aromatic carbocycles. The van der Waals surface area contributed by atoms with Crippen molar-refractivity contribution in [1.82, 2.24) is 4.72 Å². The topological polar surface area (TPSA) is 85.3 Å². The van der Waals surface area contributed by atoms with Crippen LogP contribution in [0.3, 0.4) is 0 Å². The lowest BCUT2D eigenvalue weighted by molar-refractivity contribution is 0.485. The van der Waals surface area contributed by atoms with Crippen LogP contribution in [0.15, 0.2) is 50.4 Å². The molecule has 102 valence electrons. The van der Waals surface area contributed by atoms with Crippen LogP contribution in [0.2, 0.25) is 0 Å². The predicted molar refractivity (Wildman–Crippen MR) is 76.2 cm³/mol. The third-order valence-corrected chi connectivity index (χ3v) is 4.39. The van der Waals surface area contributed by atoms with Gasteiger partial charge in [0, 0.05) is 18.7 Å².